The van der Waals surface area contributed by atoms with E-state index in [-0.39, 0.29) is 6.04 Å². The second kappa shape index (κ2) is 7.84. The van der Waals surface area contributed by atoms with Crippen LogP contribution in [0.3, 0.4) is 0 Å². The number of benzene rings is 3. The Labute approximate surface area is 179 Å². The molecule has 1 heterocycles. The molecule has 0 bridgehead atoms. The highest BCUT2D eigenvalue weighted by Gasteiger charge is 2.32. The van der Waals surface area contributed by atoms with Crippen molar-refractivity contribution in [2.24, 2.45) is 0 Å². The normalized spacial score (nSPS) is 18.9. The Balaban J connectivity index is 2.09. The zero-order valence-electron chi connectivity index (χ0n) is 19.0. The first kappa shape index (κ1) is 20.5. The Kier molecular flexibility index (Phi) is 5.37. The third kappa shape index (κ3) is 3.02. The van der Waals surface area contributed by atoms with Crippen molar-refractivity contribution in [2.75, 3.05) is 28.4 Å². The molecule has 0 amide bonds. The zero-order chi connectivity index (χ0) is 21.6. The fraction of sp³-hybridized carbons (Fsp3) is 0.385. The van der Waals surface area contributed by atoms with Crippen molar-refractivity contribution < 1.29 is 14.2 Å². The Morgan fingerprint density at radius 2 is 1.60 bits per heavy atom. The van der Waals surface area contributed by atoms with Crippen molar-refractivity contribution in [3.8, 4) is 28.4 Å². The SMILES string of the molecule is COc1ccc(-c2c(C)cc(OC)c3c(OC)cccc23)c2c1[C@H](C)N(C)[C@@H](C)C2. The molecule has 0 unspecified atom stereocenters. The molecule has 30 heavy (non-hydrogen) atoms. The van der Waals surface area contributed by atoms with Gasteiger partial charge >= 0.3 is 0 Å². The van der Waals surface area contributed by atoms with E-state index in [4.69, 9.17) is 14.2 Å². The summed E-state index contributed by atoms with van der Waals surface area (Å²) in [4.78, 5) is 2.43. The van der Waals surface area contributed by atoms with Gasteiger partial charge < -0.3 is 14.2 Å². The summed E-state index contributed by atoms with van der Waals surface area (Å²) in [6, 6.07) is 13.4. The minimum absolute atomic E-state index is 0.290. The van der Waals surface area contributed by atoms with Crippen LogP contribution in [0.5, 0.6) is 17.2 Å². The van der Waals surface area contributed by atoms with E-state index in [0.29, 0.717) is 6.04 Å². The largest absolute Gasteiger partial charge is 0.496 e. The van der Waals surface area contributed by atoms with Gasteiger partial charge in [0.1, 0.15) is 17.2 Å². The van der Waals surface area contributed by atoms with Crippen LogP contribution in [0, 0.1) is 6.92 Å². The van der Waals surface area contributed by atoms with Crippen LogP contribution in [0.1, 0.15) is 36.6 Å². The monoisotopic (exact) mass is 405 g/mol. The summed E-state index contributed by atoms with van der Waals surface area (Å²) in [5.74, 6) is 2.63. The van der Waals surface area contributed by atoms with Crippen molar-refractivity contribution in [2.45, 2.75) is 39.3 Å². The third-order valence-electron chi connectivity index (χ3n) is 6.75. The minimum Gasteiger partial charge on any atom is -0.496 e. The predicted molar refractivity (Wildman–Crippen MR) is 123 cm³/mol. The van der Waals surface area contributed by atoms with E-state index in [1.54, 1.807) is 21.3 Å². The van der Waals surface area contributed by atoms with Crippen molar-refractivity contribution in [1.82, 2.24) is 4.90 Å². The molecule has 1 aliphatic rings. The van der Waals surface area contributed by atoms with Gasteiger partial charge in [0.2, 0.25) is 0 Å². The van der Waals surface area contributed by atoms with Gasteiger partial charge in [0.05, 0.1) is 26.7 Å². The molecule has 0 radical (unpaired) electrons. The molecule has 0 aliphatic carbocycles. The molecular formula is C26H31NO3. The number of nitrogens with zero attached hydrogens (tertiary/aromatic N) is 1. The summed E-state index contributed by atoms with van der Waals surface area (Å²) in [6.45, 7) is 6.72. The molecule has 0 spiro atoms. The van der Waals surface area contributed by atoms with Crippen LogP contribution in [-0.4, -0.2) is 39.3 Å². The van der Waals surface area contributed by atoms with E-state index in [2.05, 4.69) is 63.1 Å². The topological polar surface area (TPSA) is 30.9 Å². The van der Waals surface area contributed by atoms with Crippen molar-refractivity contribution >= 4 is 10.8 Å². The van der Waals surface area contributed by atoms with E-state index < -0.39 is 0 Å². The number of fused-ring (bicyclic) bond motifs is 2. The molecule has 1 aliphatic heterocycles. The van der Waals surface area contributed by atoms with Gasteiger partial charge in [-0.25, -0.2) is 0 Å². The maximum atomic E-state index is 5.78. The second-order valence-electron chi connectivity index (χ2n) is 8.26. The molecule has 3 aromatic carbocycles. The summed E-state index contributed by atoms with van der Waals surface area (Å²) in [7, 11) is 7.39. The van der Waals surface area contributed by atoms with Crippen LogP contribution in [0.2, 0.25) is 0 Å². The zero-order valence-corrected chi connectivity index (χ0v) is 19.0. The summed E-state index contributed by atoms with van der Waals surface area (Å²) in [6.07, 6.45) is 0.986. The van der Waals surface area contributed by atoms with E-state index in [1.807, 2.05) is 6.07 Å². The summed E-state index contributed by atoms with van der Waals surface area (Å²) in [5.41, 5.74) is 6.38. The number of hydrogen-bond donors (Lipinski definition) is 0. The molecule has 4 nitrogen and oxygen atoms in total. The lowest BCUT2D eigenvalue weighted by molar-refractivity contribution is 0.176. The maximum absolute atomic E-state index is 5.78. The van der Waals surface area contributed by atoms with Crippen LogP contribution < -0.4 is 14.2 Å². The first-order valence-corrected chi connectivity index (χ1v) is 10.5. The minimum atomic E-state index is 0.290. The summed E-state index contributed by atoms with van der Waals surface area (Å²) >= 11 is 0. The average molecular weight is 406 g/mol. The van der Waals surface area contributed by atoms with Crippen LogP contribution in [0.15, 0.2) is 36.4 Å². The molecule has 0 aromatic heterocycles. The fourth-order valence-corrected chi connectivity index (χ4v) is 4.99. The standard InChI is InChI=1S/C26H31NO3/c1-15-13-23(30-7)26-19(9-8-10-21(26)28-5)24(15)18-11-12-22(29-6)25-17(3)27(4)16(2)14-20(18)25/h8-13,16-17H,14H2,1-7H3/t16-,17-/m0/s1. The van der Waals surface area contributed by atoms with Crippen molar-refractivity contribution in [3.05, 3.63) is 53.1 Å². The highest BCUT2D eigenvalue weighted by atomic mass is 16.5. The van der Waals surface area contributed by atoms with Gasteiger partial charge in [-0.15, -0.1) is 0 Å². The molecular weight excluding hydrogens is 374 g/mol. The Hall–Kier alpha value is -2.72. The van der Waals surface area contributed by atoms with E-state index in [1.165, 1.54) is 27.8 Å². The number of ether oxygens (including phenoxy) is 3. The summed E-state index contributed by atoms with van der Waals surface area (Å²) < 4.78 is 17.2. The highest BCUT2D eigenvalue weighted by molar-refractivity contribution is 6.05. The van der Waals surface area contributed by atoms with Crippen LogP contribution in [0.25, 0.3) is 21.9 Å². The van der Waals surface area contributed by atoms with Crippen molar-refractivity contribution in [1.29, 1.82) is 0 Å². The van der Waals surface area contributed by atoms with Gasteiger partial charge in [-0.1, -0.05) is 18.2 Å². The molecule has 0 saturated carbocycles. The van der Waals surface area contributed by atoms with E-state index in [0.717, 1.165) is 34.4 Å². The lowest BCUT2D eigenvalue weighted by Crippen LogP contribution is -2.38. The molecule has 2 atom stereocenters. The van der Waals surface area contributed by atoms with Gasteiger partial charge in [0.25, 0.3) is 0 Å². The molecule has 0 fully saturated rings. The van der Waals surface area contributed by atoms with Crippen LogP contribution in [-0.2, 0) is 6.42 Å². The quantitative estimate of drug-likeness (QED) is 0.551. The molecule has 3 aromatic rings. The first-order valence-electron chi connectivity index (χ1n) is 10.5. The predicted octanol–water partition coefficient (Wildman–Crippen LogP) is 5.78. The fourth-order valence-electron chi connectivity index (χ4n) is 4.99. The van der Waals surface area contributed by atoms with Gasteiger partial charge in [-0.3, -0.25) is 4.90 Å². The second-order valence-corrected chi connectivity index (χ2v) is 8.26. The van der Waals surface area contributed by atoms with Gasteiger partial charge in [0.15, 0.2) is 0 Å². The van der Waals surface area contributed by atoms with Crippen LogP contribution in [0.4, 0.5) is 0 Å². The third-order valence-corrected chi connectivity index (χ3v) is 6.75. The average Bonchev–Trinajstić information content (AvgIpc) is 2.76. The van der Waals surface area contributed by atoms with Crippen LogP contribution >= 0.6 is 0 Å². The molecule has 158 valence electrons. The number of methoxy groups -OCH3 is 3. The van der Waals surface area contributed by atoms with E-state index >= 15 is 0 Å². The van der Waals surface area contributed by atoms with E-state index in [9.17, 15) is 0 Å². The Morgan fingerprint density at radius 1 is 0.900 bits per heavy atom. The maximum Gasteiger partial charge on any atom is 0.130 e. The number of aryl methyl sites for hydroxylation is 1. The Morgan fingerprint density at radius 3 is 2.27 bits per heavy atom. The lowest BCUT2D eigenvalue weighted by Gasteiger charge is -2.39. The van der Waals surface area contributed by atoms with Gasteiger partial charge in [-0.05, 0) is 80.1 Å². The highest BCUT2D eigenvalue weighted by Crippen LogP contribution is 2.47. The molecule has 4 rings (SSSR count). The molecule has 0 saturated heterocycles. The van der Waals surface area contributed by atoms with Gasteiger partial charge in [0, 0.05) is 17.6 Å². The molecule has 4 heteroatoms. The number of hydrogen-bond acceptors (Lipinski definition) is 4. The Bertz CT molecular complexity index is 1110. The summed E-state index contributed by atoms with van der Waals surface area (Å²) in [5, 5.41) is 2.17. The number of likely N-dealkylation sites (N-methyl/N-ethyl adjacent to an activating group) is 1. The number of rotatable bonds is 4. The van der Waals surface area contributed by atoms with Gasteiger partial charge in [-0.2, -0.15) is 0 Å². The molecule has 0 N–H and O–H groups in total. The van der Waals surface area contributed by atoms with Crippen molar-refractivity contribution in [3.63, 3.8) is 0 Å². The lowest BCUT2D eigenvalue weighted by atomic mass is 9.81. The first-order chi connectivity index (χ1) is 14.4. The smallest absolute Gasteiger partial charge is 0.130 e.